The van der Waals surface area contributed by atoms with Crippen LogP contribution in [0.5, 0.6) is 0 Å². The van der Waals surface area contributed by atoms with E-state index in [2.05, 4.69) is 18.4 Å². The van der Waals surface area contributed by atoms with Crippen LogP contribution in [0.15, 0.2) is 30.3 Å². The van der Waals surface area contributed by atoms with E-state index in [9.17, 15) is 9.59 Å². The summed E-state index contributed by atoms with van der Waals surface area (Å²) in [5.74, 6) is -0.594. The summed E-state index contributed by atoms with van der Waals surface area (Å²) >= 11 is 0. The minimum absolute atomic E-state index is 0.361. The molecule has 108 valence electrons. The van der Waals surface area contributed by atoms with E-state index in [1.54, 1.807) is 0 Å². The van der Waals surface area contributed by atoms with E-state index in [4.69, 9.17) is 4.74 Å². The first-order chi connectivity index (χ1) is 9.99. The van der Waals surface area contributed by atoms with Crippen LogP contribution in [0.4, 0.5) is 0 Å². The van der Waals surface area contributed by atoms with Gasteiger partial charge in [-0.2, -0.15) is 0 Å². The number of ether oxygens (including phenoxy) is 1. The lowest BCUT2D eigenvalue weighted by molar-refractivity contribution is -0.144. The Kier molecular flexibility index (Phi) is 3.16. The SMILES string of the molecule is Cc1c(C2=CC(=O)C(=O)O2)n(CC(C)C)c2ccccc12. The molecule has 2 heterocycles. The largest absolute Gasteiger partial charge is 0.418 e. The van der Waals surface area contributed by atoms with E-state index in [1.165, 1.54) is 6.08 Å². The summed E-state index contributed by atoms with van der Waals surface area (Å²) in [6.07, 6.45) is 1.29. The first-order valence-electron chi connectivity index (χ1n) is 7.05. The van der Waals surface area contributed by atoms with Gasteiger partial charge < -0.3 is 9.30 Å². The van der Waals surface area contributed by atoms with Gasteiger partial charge in [0.1, 0.15) is 0 Å². The summed E-state index contributed by atoms with van der Waals surface area (Å²) in [5.41, 5.74) is 2.94. The van der Waals surface area contributed by atoms with E-state index < -0.39 is 11.8 Å². The highest BCUT2D eigenvalue weighted by Gasteiger charge is 2.29. The quantitative estimate of drug-likeness (QED) is 0.642. The number of aromatic nitrogens is 1. The van der Waals surface area contributed by atoms with Gasteiger partial charge in [-0.1, -0.05) is 32.0 Å². The number of nitrogens with zero attached hydrogens (tertiary/aromatic N) is 1. The van der Waals surface area contributed by atoms with Gasteiger partial charge in [-0.05, 0) is 24.5 Å². The van der Waals surface area contributed by atoms with E-state index in [0.29, 0.717) is 11.7 Å². The fourth-order valence-corrected chi connectivity index (χ4v) is 2.82. The summed E-state index contributed by atoms with van der Waals surface area (Å²) in [6.45, 7) is 7.06. The number of cyclic esters (lactones) is 1. The highest BCUT2D eigenvalue weighted by molar-refractivity contribution is 6.43. The highest BCUT2D eigenvalue weighted by Crippen LogP contribution is 2.33. The van der Waals surface area contributed by atoms with Crippen molar-refractivity contribution in [1.82, 2.24) is 4.57 Å². The molecule has 0 spiro atoms. The van der Waals surface area contributed by atoms with Crippen LogP contribution in [0.3, 0.4) is 0 Å². The molecule has 3 rings (SSSR count). The summed E-state index contributed by atoms with van der Waals surface area (Å²) in [5, 5.41) is 1.12. The van der Waals surface area contributed by atoms with Crippen molar-refractivity contribution in [2.45, 2.75) is 27.3 Å². The van der Waals surface area contributed by atoms with Crippen LogP contribution in [0.25, 0.3) is 16.7 Å². The van der Waals surface area contributed by atoms with Crippen molar-refractivity contribution in [3.05, 3.63) is 41.6 Å². The van der Waals surface area contributed by atoms with Crippen molar-refractivity contribution in [2.24, 2.45) is 5.92 Å². The molecule has 0 bridgehead atoms. The van der Waals surface area contributed by atoms with Crippen molar-refractivity contribution in [1.29, 1.82) is 0 Å². The summed E-state index contributed by atoms with van der Waals surface area (Å²) in [7, 11) is 0. The number of esters is 1. The number of benzene rings is 1. The van der Waals surface area contributed by atoms with Gasteiger partial charge in [0.15, 0.2) is 5.76 Å². The normalized spacial score (nSPS) is 15.0. The Hall–Kier alpha value is -2.36. The Bertz CT molecular complexity index is 781. The number of hydrogen-bond acceptors (Lipinski definition) is 3. The highest BCUT2D eigenvalue weighted by atomic mass is 16.5. The standard InChI is InChI=1S/C17H17NO3/c1-10(2)9-18-13-7-5-4-6-12(13)11(3)16(18)15-8-14(19)17(20)21-15/h4-8,10H,9H2,1-3H3. The molecule has 1 aromatic heterocycles. The zero-order valence-electron chi connectivity index (χ0n) is 12.3. The fourth-order valence-electron chi connectivity index (χ4n) is 2.82. The zero-order valence-corrected chi connectivity index (χ0v) is 12.3. The number of ketones is 1. The van der Waals surface area contributed by atoms with E-state index in [-0.39, 0.29) is 0 Å². The maximum atomic E-state index is 11.5. The second kappa shape index (κ2) is 4.88. The first kappa shape index (κ1) is 13.6. The lowest BCUT2D eigenvalue weighted by Crippen LogP contribution is -2.09. The molecule has 1 aromatic carbocycles. The fraction of sp³-hybridized carbons (Fsp3) is 0.294. The average Bonchev–Trinajstić information content (AvgIpc) is 2.89. The molecule has 2 aromatic rings. The molecule has 21 heavy (non-hydrogen) atoms. The maximum Gasteiger partial charge on any atom is 0.384 e. The van der Waals surface area contributed by atoms with Crippen LogP contribution in [0, 0.1) is 12.8 Å². The van der Waals surface area contributed by atoms with Gasteiger partial charge >= 0.3 is 5.97 Å². The van der Waals surface area contributed by atoms with Crippen molar-refractivity contribution in [3.8, 4) is 0 Å². The number of fused-ring (bicyclic) bond motifs is 1. The molecule has 0 saturated heterocycles. The van der Waals surface area contributed by atoms with E-state index in [0.717, 1.165) is 28.7 Å². The second-order valence-electron chi connectivity index (χ2n) is 5.76. The predicted octanol–water partition coefficient (Wildman–Crippen LogP) is 3.07. The molecule has 0 amide bonds. The van der Waals surface area contributed by atoms with Crippen molar-refractivity contribution in [3.63, 3.8) is 0 Å². The maximum absolute atomic E-state index is 11.5. The van der Waals surface area contributed by atoms with Crippen molar-refractivity contribution in [2.75, 3.05) is 0 Å². The second-order valence-corrected chi connectivity index (χ2v) is 5.76. The molecule has 0 atom stereocenters. The Morgan fingerprint density at radius 2 is 1.90 bits per heavy atom. The number of rotatable bonds is 3. The molecule has 4 nitrogen and oxygen atoms in total. The van der Waals surface area contributed by atoms with Crippen molar-refractivity contribution >= 4 is 28.4 Å². The van der Waals surface area contributed by atoms with Gasteiger partial charge in [-0.25, -0.2) is 4.79 Å². The Labute approximate surface area is 123 Å². The van der Waals surface area contributed by atoms with Crippen LogP contribution >= 0.6 is 0 Å². The van der Waals surface area contributed by atoms with Gasteiger partial charge in [0.25, 0.3) is 5.78 Å². The lowest BCUT2D eigenvalue weighted by atomic mass is 10.1. The molecule has 0 fully saturated rings. The molecule has 1 aliphatic rings. The number of carbonyl (C=O) groups excluding carboxylic acids is 2. The average molecular weight is 283 g/mol. The van der Waals surface area contributed by atoms with Gasteiger partial charge in [0.05, 0.1) is 5.69 Å². The minimum Gasteiger partial charge on any atom is -0.418 e. The van der Waals surface area contributed by atoms with Crippen LogP contribution in [-0.4, -0.2) is 16.3 Å². The van der Waals surface area contributed by atoms with E-state index in [1.807, 2.05) is 31.2 Å². The summed E-state index contributed by atoms with van der Waals surface area (Å²) in [4.78, 5) is 22.8. The number of carbonyl (C=O) groups is 2. The Morgan fingerprint density at radius 1 is 1.19 bits per heavy atom. The molecule has 0 unspecified atom stereocenters. The summed E-state index contributed by atoms with van der Waals surface area (Å²) < 4.78 is 7.28. The number of para-hydroxylation sites is 1. The third-order valence-corrected chi connectivity index (χ3v) is 3.67. The van der Waals surface area contributed by atoms with Crippen LogP contribution in [0.1, 0.15) is 25.1 Å². The third-order valence-electron chi connectivity index (χ3n) is 3.67. The molecule has 0 N–H and O–H groups in total. The van der Waals surface area contributed by atoms with Crippen LogP contribution in [0.2, 0.25) is 0 Å². The Morgan fingerprint density at radius 3 is 2.52 bits per heavy atom. The molecular formula is C17H17NO3. The molecule has 0 radical (unpaired) electrons. The lowest BCUT2D eigenvalue weighted by Gasteiger charge is -2.13. The number of aryl methyl sites for hydroxylation is 1. The van der Waals surface area contributed by atoms with Crippen LogP contribution in [-0.2, 0) is 20.9 Å². The van der Waals surface area contributed by atoms with Gasteiger partial charge in [0.2, 0.25) is 0 Å². The number of hydrogen-bond donors (Lipinski definition) is 0. The molecule has 1 aliphatic heterocycles. The topological polar surface area (TPSA) is 48.3 Å². The molecule has 0 aliphatic carbocycles. The van der Waals surface area contributed by atoms with Crippen LogP contribution < -0.4 is 0 Å². The van der Waals surface area contributed by atoms with Crippen molar-refractivity contribution < 1.29 is 14.3 Å². The first-order valence-corrected chi connectivity index (χ1v) is 7.05. The van der Waals surface area contributed by atoms with Gasteiger partial charge in [-0.15, -0.1) is 0 Å². The summed E-state index contributed by atoms with van der Waals surface area (Å²) in [6, 6.07) is 8.07. The monoisotopic (exact) mass is 283 g/mol. The predicted molar refractivity (Wildman–Crippen MR) is 80.6 cm³/mol. The van der Waals surface area contributed by atoms with Gasteiger partial charge in [-0.3, -0.25) is 4.79 Å². The zero-order chi connectivity index (χ0) is 15.1. The molecule has 0 saturated carbocycles. The molecular weight excluding hydrogens is 266 g/mol. The van der Waals surface area contributed by atoms with Gasteiger partial charge in [0, 0.05) is 23.5 Å². The van der Waals surface area contributed by atoms with E-state index >= 15 is 0 Å². The Balaban J connectivity index is 2.26. The smallest absolute Gasteiger partial charge is 0.384 e. The third kappa shape index (κ3) is 2.17. The minimum atomic E-state index is -0.800. The molecule has 4 heteroatoms.